The fraction of sp³-hybridized carbons (Fsp3) is 0.0588. The van der Waals surface area contributed by atoms with Crippen LogP contribution in [0.25, 0.3) is 5.69 Å². The van der Waals surface area contributed by atoms with E-state index in [1.54, 1.807) is 31.2 Å². The number of non-ortho nitro benzene ring substituents is 1. The zero-order valence-corrected chi connectivity index (χ0v) is 15.0. The number of benzene rings is 2. The molecule has 0 fully saturated rings. The molecule has 7 nitrogen and oxygen atoms in total. The van der Waals surface area contributed by atoms with Crippen LogP contribution in [0.15, 0.2) is 52.3 Å². The molecule has 0 atom stereocenters. The minimum absolute atomic E-state index is 0.124. The molecule has 9 heteroatoms. The number of aromatic nitrogens is 2. The van der Waals surface area contributed by atoms with Gasteiger partial charge in [0.2, 0.25) is 0 Å². The fourth-order valence-electron chi connectivity index (χ4n) is 2.36. The summed E-state index contributed by atoms with van der Waals surface area (Å²) in [5, 5.41) is 14.3. The van der Waals surface area contributed by atoms with Crippen molar-refractivity contribution in [3.8, 4) is 5.69 Å². The molecule has 0 spiro atoms. The average Bonchev–Trinajstić information content (AvgIpc) is 2.88. The van der Waals surface area contributed by atoms with Gasteiger partial charge in [0, 0.05) is 29.1 Å². The van der Waals surface area contributed by atoms with E-state index in [1.807, 2.05) is 0 Å². The molecule has 132 valence electrons. The van der Waals surface area contributed by atoms with Gasteiger partial charge in [-0.1, -0.05) is 29.3 Å². The number of halogens is 2. The number of H-pyrrole nitrogens is 1. The van der Waals surface area contributed by atoms with E-state index in [4.69, 9.17) is 23.2 Å². The molecule has 2 aromatic carbocycles. The molecule has 1 N–H and O–H groups in total. The van der Waals surface area contributed by atoms with Gasteiger partial charge in [-0.25, -0.2) is 4.68 Å². The zero-order valence-electron chi connectivity index (χ0n) is 13.4. The van der Waals surface area contributed by atoms with Gasteiger partial charge in [-0.05, 0) is 31.2 Å². The summed E-state index contributed by atoms with van der Waals surface area (Å²) in [7, 11) is 0. The molecule has 0 aliphatic carbocycles. The predicted octanol–water partition coefficient (Wildman–Crippen LogP) is 4.44. The molecule has 0 unspecified atom stereocenters. The van der Waals surface area contributed by atoms with Crippen molar-refractivity contribution in [1.29, 1.82) is 0 Å². The molecule has 3 aromatic rings. The van der Waals surface area contributed by atoms with Crippen molar-refractivity contribution in [2.45, 2.75) is 6.92 Å². The monoisotopic (exact) mass is 390 g/mol. The van der Waals surface area contributed by atoms with Crippen molar-refractivity contribution in [3.63, 3.8) is 0 Å². The molecule has 0 saturated heterocycles. The average molecular weight is 391 g/mol. The number of nitro groups is 1. The van der Waals surface area contributed by atoms with Gasteiger partial charge in [0.1, 0.15) is 0 Å². The van der Waals surface area contributed by atoms with Gasteiger partial charge in [0.25, 0.3) is 11.2 Å². The van der Waals surface area contributed by atoms with Crippen LogP contribution in [0.3, 0.4) is 0 Å². The van der Waals surface area contributed by atoms with E-state index in [9.17, 15) is 14.9 Å². The van der Waals surface area contributed by atoms with E-state index in [1.165, 1.54) is 29.1 Å². The van der Waals surface area contributed by atoms with Crippen LogP contribution in [0, 0.1) is 17.0 Å². The molecular weight excluding hydrogens is 379 g/mol. The Kier molecular flexibility index (Phi) is 4.92. The Morgan fingerprint density at radius 1 is 1.23 bits per heavy atom. The van der Waals surface area contributed by atoms with Crippen LogP contribution in [0.1, 0.15) is 11.3 Å². The lowest BCUT2D eigenvalue weighted by atomic mass is 10.2. The fourth-order valence-corrected chi connectivity index (χ4v) is 2.76. The molecule has 0 radical (unpaired) electrons. The Hall–Kier alpha value is -2.90. The highest BCUT2D eigenvalue weighted by Crippen LogP contribution is 2.28. The van der Waals surface area contributed by atoms with Gasteiger partial charge in [0.05, 0.1) is 26.9 Å². The van der Waals surface area contributed by atoms with E-state index < -0.39 is 4.92 Å². The molecule has 0 aliphatic rings. The van der Waals surface area contributed by atoms with Gasteiger partial charge in [-0.3, -0.25) is 25.0 Å². The Morgan fingerprint density at radius 3 is 2.65 bits per heavy atom. The summed E-state index contributed by atoms with van der Waals surface area (Å²) in [4.78, 5) is 27.0. The van der Waals surface area contributed by atoms with Gasteiger partial charge < -0.3 is 0 Å². The van der Waals surface area contributed by atoms with Crippen LogP contribution in [-0.4, -0.2) is 20.9 Å². The summed E-state index contributed by atoms with van der Waals surface area (Å²) in [5.74, 6) is 0. The van der Waals surface area contributed by atoms with Crippen molar-refractivity contribution in [1.82, 2.24) is 9.78 Å². The third-order valence-electron chi connectivity index (χ3n) is 3.66. The minimum Gasteiger partial charge on any atom is -0.295 e. The van der Waals surface area contributed by atoms with E-state index in [-0.39, 0.29) is 16.3 Å². The third kappa shape index (κ3) is 3.54. The largest absolute Gasteiger partial charge is 0.295 e. The van der Waals surface area contributed by atoms with Gasteiger partial charge in [-0.2, -0.15) is 0 Å². The standard InChI is InChI=1S/C17H12Cl2N4O3/c1-10-14(9-20-16-6-5-13(23(25)26)8-15(16)19)17(24)22(21-10)12-4-2-3-11(18)7-12/h2-9,21H,1H3. The number of nitrogens with zero attached hydrogens (tertiary/aromatic N) is 3. The topological polar surface area (TPSA) is 93.3 Å². The van der Waals surface area contributed by atoms with E-state index >= 15 is 0 Å². The van der Waals surface area contributed by atoms with Crippen molar-refractivity contribution < 1.29 is 4.92 Å². The van der Waals surface area contributed by atoms with Crippen LogP contribution < -0.4 is 5.56 Å². The molecule has 1 aromatic heterocycles. The Labute approximate surface area is 157 Å². The number of aromatic amines is 1. The molecule has 3 rings (SSSR count). The smallest absolute Gasteiger partial charge is 0.280 e. The Morgan fingerprint density at radius 2 is 2.00 bits per heavy atom. The maximum atomic E-state index is 12.6. The zero-order chi connectivity index (χ0) is 18.8. The van der Waals surface area contributed by atoms with Crippen molar-refractivity contribution in [2.24, 2.45) is 4.99 Å². The summed E-state index contributed by atoms with van der Waals surface area (Å²) < 4.78 is 1.36. The van der Waals surface area contributed by atoms with Gasteiger partial charge >= 0.3 is 0 Å². The first kappa shape index (κ1) is 17.9. The summed E-state index contributed by atoms with van der Waals surface area (Å²) in [6.07, 6.45) is 1.38. The maximum absolute atomic E-state index is 12.6. The summed E-state index contributed by atoms with van der Waals surface area (Å²) >= 11 is 12.0. The lowest BCUT2D eigenvalue weighted by Gasteiger charge is -2.01. The normalized spacial score (nSPS) is 11.2. The van der Waals surface area contributed by atoms with Crippen LogP contribution >= 0.6 is 23.2 Å². The number of aliphatic imine (C=N–C) groups is 1. The summed E-state index contributed by atoms with van der Waals surface area (Å²) in [5.41, 5.74) is 1.45. The molecular formula is C17H12Cl2N4O3. The number of nitrogens with one attached hydrogen (secondary N) is 1. The SMILES string of the molecule is Cc1[nH]n(-c2cccc(Cl)c2)c(=O)c1C=Nc1ccc([N+](=O)[O-])cc1Cl. The Bertz CT molecular complexity index is 1090. The maximum Gasteiger partial charge on any atom is 0.280 e. The molecule has 0 saturated carbocycles. The third-order valence-corrected chi connectivity index (χ3v) is 4.20. The number of rotatable bonds is 4. The van der Waals surface area contributed by atoms with Gasteiger partial charge in [-0.15, -0.1) is 0 Å². The van der Waals surface area contributed by atoms with Crippen LogP contribution in [0.5, 0.6) is 0 Å². The predicted molar refractivity (Wildman–Crippen MR) is 101 cm³/mol. The molecule has 0 aliphatic heterocycles. The van der Waals surface area contributed by atoms with E-state index in [0.29, 0.717) is 27.7 Å². The first-order valence-corrected chi connectivity index (χ1v) is 8.18. The number of hydrogen-bond acceptors (Lipinski definition) is 4. The molecule has 0 amide bonds. The van der Waals surface area contributed by atoms with Crippen LogP contribution in [0.2, 0.25) is 10.0 Å². The summed E-state index contributed by atoms with van der Waals surface area (Å²) in [6, 6.07) is 10.8. The molecule has 26 heavy (non-hydrogen) atoms. The highest BCUT2D eigenvalue weighted by Gasteiger charge is 2.12. The first-order chi connectivity index (χ1) is 12.4. The highest BCUT2D eigenvalue weighted by atomic mass is 35.5. The number of nitro benzene ring substituents is 1. The quantitative estimate of drug-likeness (QED) is 0.405. The van der Waals surface area contributed by atoms with Crippen molar-refractivity contribution in [3.05, 3.63) is 84.2 Å². The highest BCUT2D eigenvalue weighted by molar-refractivity contribution is 6.33. The number of aryl methyl sites for hydroxylation is 1. The minimum atomic E-state index is -0.542. The Balaban J connectivity index is 1.97. The van der Waals surface area contributed by atoms with E-state index in [0.717, 1.165) is 0 Å². The second-order valence-corrected chi connectivity index (χ2v) is 6.27. The van der Waals surface area contributed by atoms with E-state index in [2.05, 4.69) is 10.1 Å². The number of hydrogen-bond donors (Lipinski definition) is 1. The lowest BCUT2D eigenvalue weighted by Crippen LogP contribution is -2.17. The van der Waals surface area contributed by atoms with Gasteiger partial charge in [0.15, 0.2) is 0 Å². The lowest BCUT2D eigenvalue weighted by molar-refractivity contribution is -0.384. The molecule has 0 bridgehead atoms. The first-order valence-electron chi connectivity index (χ1n) is 7.42. The van der Waals surface area contributed by atoms with Crippen LogP contribution in [0.4, 0.5) is 11.4 Å². The molecule has 1 heterocycles. The van der Waals surface area contributed by atoms with Crippen molar-refractivity contribution in [2.75, 3.05) is 0 Å². The van der Waals surface area contributed by atoms with Crippen molar-refractivity contribution >= 4 is 40.8 Å². The second-order valence-electron chi connectivity index (χ2n) is 5.42. The van der Waals surface area contributed by atoms with Crippen LogP contribution in [-0.2, 0) is 0 Å². The summed E-state index contributed by atoms with van der Waals surface area (Å²) in [6.45, 7) is 1.74. The second kappa shape index (κ2) is 7.15.